The first kappa shape index (κ1) is 18.0. The number of halogens is 1. The van der Waals surface area contributed by atoms with Gasteiger partial charge >= 0.3 is 0 Å². The van der Waals surface area contributed by atoms with Gasteiger partial charge in [-0.05, 0) is 50.3 Å². The van der Waals surface area contributed by atoms with Gasteiger partial charge in [-0.15, -0.1) is 12.4 Å². The molecule has 128 valence electrons. The fraction of sp³-hybridized carbons (Fsp3) is 0.588. The number of anilines is 1. The number of carbonyl (C=O) groups excluding carboxylic acids is 1. The van der Waals surface area contributed by atoms with E-state index < -0.39 is 0 Å². The summed E-state index contributed by atoms with van der Waals surface area (Å²) in [7, 11) is 0. The van der Waals surface area contributed by atoms with Crippen LogP contribution in [0, 0.1) is 5.92 Å². The monoisotopic (exact) mass is 340 g/mol. The van der Waals surface area contributed by atoms with E-state index in [-0.39, 0.29) is 24.4 Å². The van der Waals surface area contributed by atoms with Crippen LogP contribution in [0.15, 0.2) is 24.3 Å². The van der Waals surface area contributed by atoms with Crippen molar-refractivity contribution in [2.24, 2.45) is 5.92 Å². The van der Waals surface area contributed by atoms with E-state index in [0.717, 1.165) is 43.3 Å². The normalized spacial score (nSPS) is 19.9. The lowest BCUT2D eigenvalue weighted by Gasteiger charge is -2.12. The van der Waals surface area contributed by atoms with Crippen molar-refractivity contribution >= 4 is 24.0 Å². The summed E-state index contributed by atoms with van der Waals surface area (Å²) in [5, 5.41) is 6.08. The summed E-state index contributed by atoms with van der Waals surface area (Å²) in [6.45, 7) is 2.70. The molecule has 2 aliphatic rings. The van der Waals surface area contributed by atoms with Crippen LogP contribution in [0.25, 0.3) is 0 Å². The van der Waals surface area contributed by atoms with E-state index in [1.807, 2.05) is 24.3 Å². The predicted molar refractivity (Wildman–Crippen MR) is 92.4 cm³/mol. The van der Waals surface area contributed by atoms with Crippen molar-refractivity contribution in [3.63, 3.8) is 0 Å². The van der Waals surface area contributed by atoms with Crippen LogP contribution in [-0.4, -0.2) is 38.3 Å². The number of ether oxygens (including phenoxy) is 2. The van der Waals surface area contributed by atoms with Crippen molar-refractivity contribution in [1.82, 2.24) is 5.32 Å². The standard InChI is InChI=1S/C17H24N2O3.ClH/c20-17(11-18-10-13-6-7-13)19-14-3-1-4-15(9-14)22-12-16-5-2-8-21-16;/h1,3-4,9,13,16,18H,2,5-8,10-12H2,(H,19,20);1H. The van der Waals surface area contributed by atoms with E-state index in [1.165, 1.54) is 12.8 Å². The minimum Gasteiger partial charge on any atom is -0.491 e. The molecule has 2 fully saturated rings. The minimum absolute atomic E-state index is 0. The molecule has 0 radical (unpaired) electrons. The molecule has 1 unspecified atom stereocenters. The SMILES string of the molecule is Cl.O=C(CNCC1CC1)Nc1cccc(OCC2CCCO2)c1. The molecule has 1 aromatic rings. The number of amides is 1. The number of rotatable bonds is 8. The van der Waals surface area contributed by atoms with Crippen LogP contribution in [0.3, 0.4) is 0 Å². The van der Waals surface area contributed by atoms with Crippen LogP contribution < -0.4 is 15.4 Å². The predicted octanol–water partition coefficient (Wildman–Crippen LogP) is 2.60. The Morgan fingerprint density at radius 2 is 2.17 bits per heavy atom. The average molecular weight is 341 g/mol. The second-order valence-electron chi connectivity index (χ2n) is 6.10. The molecule has 23 heavy (non-hydrogen) atoms. The number of benzene rings is 1. The second kappa shape index (κ2) is 9.11. The zero-order valence-electron chi connectivity index (χ0n) is 13.3. The van der Waals surface area contributed by atoms with E-state index in [2.05, 4.69) is 10.6 Å². The van der Waals surface area contributed by atoms with Crippen molar-refractivity contribution in [1.29, 1.82) is 0 Å². The molecule has 3 rings (SSSR count). The Hall–Kier alpha value is -1.30. The van der Waals surface area contributed by atoms with Crippen LogP contribution in [-0.2, 0) is 9.53 Å². The van der Waals surface area contributed by atoms with E-state index in [4.69, 9.17) is 9.47 Å². The number of carbonyl (C=O) groups is 1. The van der Waals surface area contributed by atoms with Gasteiger partial charge in [0.1, 0.15) is 12.4 Å². The number of hydrogen-bond donors (Lipinski definition) is 2. The van der Waals surface area contributed by atoms with Gasteiger partial charge in [0.15, 0.2) is 0 Å². The second-order valence-corrected chi connectivity index (χ2v) is 6.10. The highest BCUT2D eigenvalue weighted by Gasteiger charge is 2.20. The molecule has 1 saturated carbocycles. The van der Waals surface area contributed by atoms with Crippen LogP contribution in [0.1, 0.15) is 25.7 Å². The summed E-state index contributed by atoms with van der Waals surface area (Å²) in [6.07, 6.45) is 4.95. The summed E-state index contributed by atoms with van der Waals surface area (Å²) < 4.78 is 11.3. The van der Waals surface area contributed by atoms with Gasteiger partial charge in [0, 0.05) is 18.4 Å². The highest BCUT2D eigenvalue weighted by atomic mass is 35.5. The molecule has 1 aliphatic heterocycles. The Bertz CT molecular complexity index is 502. The maximum atomic E-state index is 11.9. The third-order valence-electron chi connectivity index (χ3n) is 3.99. The summed E-state index contributed by atoms with van der Waals surface area (Å²) in [5.74, 6) is 1.53. The lowest BCUT2D eigenvalue weighted by atomic mass is 10.2. The van der Waals surface area contributed by atoms with Crippen molar-refractivity contribution in [3.05, 3.63) is 24.3 Å². The Balaban J connectivity index is 0.00000192. The van der Waals surface area contributed by atoms with Gasteiger partial charge in [-0.1, -0.05) is 6.07 Å². The topological polar surface area (TPSA) is 59.6 Å². The highest BCUT2D eigenvalue weighted by molar-refractivity contribution is 5.92. The van der Waals surface area contributed by atoms with Crippen LogP contribution >= 0.6 is 12.4 Å². The van der Waals surface area contributed by atoms with Gasteiger partial charge in [-0.3, -0.25) is 4.79 Å². The summed E-state index contributed by atoms with van der Waals surface area (Å²) >= 11 is 0. The van der Waals surface area contributed by atoms with Gasteiger partial charge in [-0.2, -0.15) is 0 Å². The third kappa shape index (κ3) is 6.37. The van der Waals surface area contributed by atoms with Gasteiger partial charge in [0.05, 0.1) is 12.6 Å². The maximum Gasteiger partial charge on any atom is 0.238 e. The number of nitrogens with one attached hydrogen (secondary N) is 2. The molecule has 2 N–H and O–H groups in total. The smallest absolute Gasteiger partial charge is 0.238 e. The number of hydrogen-bond acceptors (Lipinski definition) is 4. The van der Waals surface area contributed by atoms with E-state index in [9.17, 15) is 4.79 Å². The van der Waals surface area contributed by atoms with Crippen LogP contribution in [0.4, 0.5) is 5.69 Å². The third-order valence-corrected chi connectivity index (χ3v) is 3.99. The van der Waals surface area contributed by atoms with Gasteiger partial charge in [0.2, 0.25) is 5.91 Å². The Kier molecular flexibility index (Phi) is 7.15. The van der Waals surface area contributed by atoms with Crippen molar-refractivity contribution in [2.75, 3.05) is 31.6 Å². The molecule has 1 saturated heterocycles. The molecule has 5 nitrogen and oxygen atoms in total. The zero-order valence-corrected chi connectivity index (χ0v) is 14.1. The van der Waals surface area contributed by atoms with Gasteiger partial charge in [0.25, 0.3) is 0 Å². The Morgan fingerprint density at radius 3 is 2.91 bits per heavy atom. The van der Waals surface area contributed by atoms with E-state index in [1.54, 1.807) is 0 Å². The molecule has 1 amide bonds. The summed E-state index contributed by atoms with van der Waals surface area (Å²) in [6, 6.07) is 7.51. The Morgan fingerprint density at radius 1 is 1.30 bits per heavy atom. The highest BCUT2D eigenvalue weighted by Crippen LogP contribution is 2.27. The molecular weight excluding hydrogens is 316 g/mol. The molecule has 0 aromatic heterocycles. The molecule has 6 heteroatoms. The van der Waals surface area contributed by atoms with Gasteiger partial charge < -0.3 is 20.1 Å². The zero-order chi connectivity index (χ0) is 15.2. The molecule has 0 spiro atoms. The van der Waals surface area contributed by atoms with E-state index in [0.29, 0.717) is 13.2 Å². The van der Waals surface area contributed by atoms with Crippen LogP contribution in [0.5, 0.6) is 5.75 Å². The largest absolute Gasteiger partial charge is 0.491 e. The molecule has 1 aromatic carbocycles. The quantitative estimate of drug-likeness (QED) is 0.763. The van der Waals surface area contributed by atoms with Crippen LogP contribution in [0.2, 0.25) is 0 Å². The van der Waals surface area contributed by atoms with Crippen molar-refractivity contribution in [3.8, 4) is 5.75 Å². The first-order valence-corrected chi connectivity index (χ1v) is 8.14. The molecular formula is C17H25ClN2O3. The lowest BCUT2D eigenvalue weighted by molar-refractivity contribution is -0.115. The van der Waals surface area contributed by atoms with Crippen molar-refractivity contribution in [2.45, 2.75) is 31.8 Å². The maximum absolute atomic E-state index is 11.9. The Labute approximate surface area is 143 Å². The molecule has 1 atom stereocenters. The fourth-order valence-corrected chi connectivity index (χ4v) is 2.55. The molecule has 1 aliphatic carbocycles. The van der Waals surface area contributed by atoms with Gasteiger partial charge in [-0.25, -0.2) is 0 Å². The molecule has 1 heterocycles. The first-order chi connectivity index (χ1) is 10.8. The van der Waals surface area contributed by atoms with Crippen molar-refractivity contribution < 1.29 is 14.3 Å². The van der Waals surface area contributed by atoms with E-state index >= 15 is 0 Å². The first-order valence-electron chi connectivity index (χ1n) is 8.14. The lowest BCUT2D eigenvalue weighted by Crippen LogP contribution is -2.29. The molecule has 0 bridgehead atoms. The summed E-state index contributed by atoms with van der Waals surface area (Å²) in [4.78, 5) is 11.9. The average Bonchev–Trinajstić information content (AvgIpc) is 3.18. The minimum atomic E-state index is -0.0167. The summed E-state index contributed by atoms with van der Waals surface area (Å²) in [5.41, 5.74) is 0.767. The fourth-order valence-electron chi connectivity index (χ4n) is 2.55.